The third-order valence-electron chi connectivity index (χ3n) is 11.5. The van der Waals surface area contributed by atoms with Gasteiger partial charge >= 0.3 is 17.9 Å². The van der Waals surface area contributed by atoms with Crippen LogP contribution in [0.25, 0.3) is 0 Å². The molecule has 0 aromatic carbocycles. The maximum atomic E-state index is 12.8. The van der Waals surface area contributed by atoms with Gasteiger partial charge in [0.05, 0.1) is 0 Å². The average Bonchev–Trinajstić information content (AvgIpc) is 3.33. The van der Waals surface area contributed by atoms with Crippen molar-refractivity contribution in [3.63, 3.8) is 0 Å². The van der Waals surface area contributed by atoms with Gasteiger partial charge < -0.3 is 14.2 Å². The van der Waals surface area contributed by atoms with Crippen LogP contribution >= 0.6 is 0 Å². The molecule has 0 N–H and O–H groups in total. The smallest absolute Gasteiger partial charge is 0.306 e. The third-order valence-corrected chi connectivity index (χ3v) is 11.5. The van der Waals surface area contributed by atoms with Gasteiger partial charge in [0.1, 0.15) is 13.2 Å². The molecule has 0 saturated heterocycles. The van der Waals surface area contributed by atoms with Crippen LogP contribution in [0.3, 0.4) is 0 Å². The minimum atomic E-state index is -0.805. The fourth-order valence-electron chi connectivity index (χ4n) is 7.37. The number of carbonyl (C=O) groups is 3. The molecular formula is C61H102O6. The molecule has 0 aromatic heterocycles. The maximum Gasteiger partial charge on any atom is 0.306 e. The first-order valence-electron chi connectivity index (χ1n) is 27.7. The van der Waals surface area contributed by atoms with E-state index < -0.39 is 6.10 Å². The van der Waals surface area contributed by atoms with E-state index in [-0.39, 0.29) is 31.1 Å². The molecule has 67 heavy (non-hydrogen) atoms. The summed E-state index contributed by atoms with van der Waals surface area (Å²) in [7, 11) is 0. The minimum Gasteiger partial charge on any atom is -0.462 e. The Labute approximate surface area is 413 Å². The SMILES string of the molecule is CC/C=C\C/C=C\C/C=C\CCCCCCCC(=O)O[C@@H](COC(=O)CCCC/C=C\C/C=C\C/C=C\CCCCC)COC(=O)CCCCCCCCCCC/C=C\C/C=C\CCCCC. The number of rotatable bonds is 49. The summed E-state index contributed by atoms with van der Waals surface area (Å²) in [4.78, 5) is 38.1. The van der Waals surface area contributed by atoms with Gasteiger partial charge in [-0.15, -0.1) is 0 Å². The number of unbranched alkanes of at least 4 members (excludes halogenated alkanes) is 22. The van der Waals surface area contributed by atoms with Gasteiger partial charge in [0.15, 0.2) is 6.10 Å². The van der Waals surface area contributed by atoms with Gasteiger partial charge in [0.2, 0.25) is 0 Å². The van der Waals surface area contributed by atoms with Crippen molar-refractivity contribution in [3.8, 4) is 0 Å². The second-order valence-electron chi connectivity index (χ2n) is 18.1. The Balaban J connectivity index is 4.46. The van der Waals surface area contributed by atoms with E-state index in [1.807, 2.05) is 0 Å². The van der Waals surface area contributed by atoms with E-state index in [1.54, 1.807) is 0 Å². The van der Waals surface area contributed by atoms with E-state index in [2.05, 4.69) is 118 Å². The predicted molar refractivity (Wildman–Crippen MR) is 288 cm³/mol. The molecule has 0 heterocycles. The Hall–Kier alpha value is -3.67. The second-order valence-corrected chi connectivity index (χ2v) is 18.1. The first-order chi connectivity index (χ1) is 33.0. The molecule has 0 unspecified atom stereocenters. The van der Waals surface area contributed by atoms with Gasteiger partial charge in [-0.1, -0.05) is 208 Å². The lowest BCUT2D eigenvalue weighted by atomic mass is 10.1. The predicted octanol–water partition coefficient (Wildman–Crippen LogP) is 18.5. The first kappa shape index (κ1) is 63.3. The number of allylic oxidation sites excluding steroid dienone is 16. The monoisotopic (exact) mass is 931 g/mol. The van der Waals surface area contributed by atoms with Gasteiger partial charge in [0.25, 0.3) is 0 Å². The fourth-order valence-corrected chi connectivity index (χ4v) is 7.37. The number of hydrogen-bond donors (Lipinski definition) is 0. The highest BCUT2D eigenvalue weighted by Gasteiger charge is 2.19. The highest BCUT2D eigenvalue weighted by atomic mass is 16.6. The van der Waals surface area contributed by atoms with Gasteiger partial charge in [-0.2, -0.15) is 0 Å². The van der Waals surface area contributed by atoms with Crippen molar-refractivity contribution >= 4 is 17.9 Å². The van der Waals surface area contributed by atoms with Crippen LogP contribution in [-0.2, 0) is 28.6 Å². The molecule has 0 aliphatic carbocycles. The van der Waals surface area contributed by atoms with Gasteiger partial charge in [-0.05, 0) is 122 Å². The molecule has 0 bridgehead atoms. The van der Waals surface area contributed by atoms with Crippen molar-refractivity contribution < 1.29 is 28.6 Å². The van der Waals surface area contributed by atoms with Crippen molar-refractivity contribution in [1.82, 2.24) is 0 Å². The summed E-state index contributed by atoms with van der Waals surface area (Å²) in [6.07, 6.45) is 72.5. The topological polar surface area (TPSA) is 78.9 Å². The van der Waals surface area contributed by atoms with Crippen LogP contribution in [0.1, 0.15) is 252 Å². The summed E-state index contributed by atoms with van der Waals surface area (Å²) in [5, 5.41) is 0. The first-order valence-corrected chi connectivity index (χ1v) is 27.7. The molecule has 0 fully saturated rings. The zero-order chi connectivity index (χ0) is 48.6. The zero-order valence-electron chi connectivity index (χ0n) is 43.6. The molecule has 6 nitrogen and oxygen atoms in total. The Morgan fingerprint density at radius 1 is 0.313 bits per heavy atom. The largest absolute Gasteiger partial charge is 0.462 e. The molecule has 0 rings (SSSR count). The van der Waals surface area contributed by atoms with E-state index in [1.165, 1.54) is 96.3 Å². The van der Waals surface area contributed by atoms with E-state index in [0.29, 0.717) is 19.3 Å². The third kappa shape index (κ3) is 53.2. The summed E-state index contributed by atoms with van der Waals surface area (Å²) >= 11 is 0. The lowest BCUT2D eigenvalue weighted by molar-refractivity contribution is -0.167. The molecule has 0 aromatic rings. The Morgan fingerprint density at radius 2 is 0.582 bits per heavy atom. The highest BCUT2D eigenvalue weighted by Crippen LogP contribution is 2.14. The van der Waals surface area contributed by atoms with Crippen LogP contribution in [0.5, 0.6) is 0 Å². The lowest BCUT2D eigenvalue weighted by Gasteiger charge is -2.18. The van der Waals surface area contributed by atoms with E-state index >= 15 is 0 Å². The Morgan fingerprint density at radius 3 is 0.940 bits per heavy atom. The molecule has 6 heteroatoms. The van der Waals surface area contributed by atoms with Crippen molar-refractivity contribution in [2.24, 2.45) is 0 Å². The van der Waals surface area contributed by atoms with Crippen LogP contribution in [0.15, 0.2) is 97.2 Å². The van der Waals surface area contributed by atoms with E-state index in [4.69, 9.17) is 14.2 Å². The Kier molecular flexibility index (Phi) is 51.9. The molecule has 0 aliphatic rings. The quantitative estimate of drug-likeness (QED) is 0.0262. The summed E-state index contributed by atoms with van der Waals surface area (Å²) < 4.78 is 16.8. The standard InChI is InChI=1S/C61H102O6/c1-4-7-10-13-16-19-22-25-28-29-30-31-34-36-39-42-45-48-51-54-60(63)66-57-58(67-61(64)55-52-49-46-43-40-37-33-27-24-21-18-15-12-9-6-3)56-65-59(62)53-50-47-44-41-38-35-32-26-23-20-17-14-11-8-5-2/h9,12,16-21,25-28,32-33,38,41,58H,4-8,10-11,13-15,22-24,29-31,34-37,39-40,42-57H2,1-3H3/b12-9-,19-16-,20-17-,21-18-,28-25-,32-26-,33-27-,41-38-/t58-/m0/s1. The number of carbonyl (C=O) groups excluding carboxylic acids is 3. The normalized spacial score (nSPS) is 12.8. The molecule has 1 atom stereocenters. The van der Waals surface area contributed by atoms with Crippen molar-refractivity contribution in [3.05, 3.63) is 97.2 Å². The summed E-state index contributed by atoms with van der Waals surface area (Å²) in [6.45, 7) is 6.42. The zero-order valence-corrected chi connectivity index (χ0v) is 43.6. The van der Waals surface area contributed by atoms with Crippen LogP contribution in [0.2, 0.25) is 0 Å². The molecule has 0 spiro atoms. The summed E-state index contributed by atoms with van der Waals surface area (Å²) in [6, 6.07) is 0. The number of esters is 3. The highest BCUT2D eigenvalue weighted by molar-refractivity contribution is 5.71. The molecule has 0 radical (unpaired) electrons. The fraction of sp³-hybridized carbons (Fsp3) is 0.689. The van der Waals surface area contributed by atoms with Gasteiger partial charge in [0, 0.05) is 19.3 Å². The van der Waals surface area contributed by atoms with Crippen LogP contribution in [-0.4, -0.2) is 37.2 Å². The minimum absolute atomic E-state index is 0.0997. The summed E-state index contributed by atoms with van der Waals surface area (Å²) in [5.41, 5.74) is 0. The van der Waals surface area contributed by atoms with Gasteiger partial charge in [-0.3, -0.25) is 14.4 Å². The average molecular weight is 931 g/mol. The maximum absolute atomic E-state index is 12.8. The lowest BCUT2D eigenvalue weighted by Crippen LogP contribution is -2.30. The van der Waals surface area contributed by atoms with Crippen LogP contribution in [0, 0.1) is 0 Å². The molecule has 382 valence electrons. The Bertz CT molecular complexity index is 1350. The van der Waals surface area contributed by atoms with Crippen LogP contribution < -0.4 is 0 Å². The molecule has 0 saturated carbocycles. The van der Waals surface area contributed by atoms with E-state index in [9.17, 15) is 14.4 Å². The van der Waals surface area contributed by atoms with Crippen molar-refractivity contribution in [1.29, 1.82) is 0 Å². The second kappa shape index (κ2) is 54.9. The number of ether oxygens (including phenoxy) is 3. The van der Waals surface area contributed by atoms with E-state index in [0.717, 1.165) is 116 Å². The van der Waals surface area contributed by atoms with Crippen LogP contribution in [0.4, 0.5) is 0 Å². The summed E-state index contributed by atoms with van der Waals surface area (Å²) in [5.74, 6) is -0.960. The molecule has 0 amide bonds. The number of hydrogen-bond acceptors (Lipinski definition) is 6. The van der Waals surface area contributed by atoms with Crippen molar-refractivity contribution in [2.75, 3.05) is 13.2 Å². The molecule has 0 aliphatic heterocycles. The van der Waals surface area contributed by atoms with Crippen molar-refractivity contribution in [2.45, 2.75) is 258 Å². The van der Waals surface area contributed by atoms with Gasteiger partial charge in [-0.25, -0.2) is 0 Å². The molecular weight excluding hydrogens is 829 g/mol.